The zero-order valence-electron chi connectivity index (χ0n) is 16.5. The summed E-state index contributed by atoms with van der Waals surface area (Å²) in [6.45, 7) is 9.12. The Kier molecular flexibility index (Phi) is 7.92. The molecular formula is C20H28NO4PS. The zero-order chi connectivity index (χ0) is 20.0. The van der Waals surface area contributed by atoms with Crippen LogP contribution in [0.4, 0.5) is 4.79 Å². The van der Waals surface area contributed by atoms with Gasteiger partial charge in [0.15, 0.2) is 0 Å². The van der Waals surface area contributed by atoms with E-state index in [4.69, 9.17) is 9.05 Å². The number of rotatable bonds is 8. The Bertz CT molecular complexity index is 805. The molecule has 0 unspecified atom stereocenters. The predicted octanol–water partition coefficient (Wildman–Crippen LogP) is 6.34. The molecule has 2 aromatic carbocycles. The van der Waals surface area contributed by atoms with Gasteiger partial charge in [0.2, 0.25) is 0 Å². The van der Waals surface area contributed by atoms with E-state index in [1.807, 2.05) is 49.4 Å². The summed E-state index contributed by atoms with van der Waals surface area (Å²) >= 11 is 0.933. The molecule has 2 rings (SSSR count). The van der Waals surface area contributed by atoms with Crippen molar-refractivity contribution in [3.05, 3.63) is 48.0 Å². The van der Waals surface area contributed by atoms with E-state index in [9.17, 15) is 9.36 Å². The first-order valence-corrected chi connectivity index (χ1v) is 11.8. The number of fused-ring (bicyclic) bond motifs is 1. The molecule has 27 heavy (non-hydrogen) atoms. The van der Waals surface area contributed by atoms with Crippen LogP contribution in [0.25, 0.3) is 10.8 Å². The monoisotopic (exact) mass is 409 g/mol. The standard InChI is InChI=1S/C20H28NO4PS/c1-14(2)24-26(23,25-15(3)4)13-27-20(22)21-16(5)18-12-8-10-17-9-6-7-11-19(17)18/h6-12,14-16H,13H2,1-5H3,(H,21,22)/t16-/m1/s1. The van der Waals surface area contributed by atoms with Gasteiger partial charge >= 0.3 is 7.60 Å². The van der Waals surface area contributed by atoms with Crippen molar-refractivity contribution in [2.45, 2.75) is 52.9 Å². The molecule has 0 bridgehead atoms. The summed E-state index contributed by atoms with van der Waals surface area (Å²) in [4.78, 5) is 12.4. The van der Waals surface area contributed by atoms with Crippen LogP contribution in [0, 0.1) is 0 Å². The van der Waals surface area contributed by atoms with Crippen molar-refractivity contribution in [3.63, 3.8) is 0 Å². The fourth-order valence-electron chi connectivity index (χ4n) is 2.79. The van der Waals surface area contributed by atoms with Gasteiger partial charge in [0.05, 0.1) is 18.2 Å². The van der Waals surface area contributed by atoms with Crippen LogP contribution in [0.2, 0.25) is 0 Å². The number of hydrogen-bond donors (Lipinski definition) is 1. The average Bonchev–Trinajstić information content (AvgIpc) is 2.58. The Hall–Kier alpha value is -1.33. The third-order valence-corrected chi connectivity index (χ3v) is 7.37. The van der Waals surface area contributed by atoms with Crippen molar-refractivity contribution in [2.24, 2.45) is 0 Å². The molecule has 7 heteroatoms. The number of carbonyl (C=O) groups excluding carboxylic acids is 1. The van der Waals surface area contributed by atoms with Gasteiger partial charge in [-0.25, -0.2) is 0 Å². The quantitative estimate of drug-likeness (QED) is 0.515. The summed E-state index contributed by atoms with van der Waals surface area (Å²) in [5.41, 5.74) is 1.03. The maximum atomic E-state index is 12.8. The molecule has 1 atom stereocenters. The maximum Gasteiger partial charge on any atom is 0.341 e. The van der Waals surface area contributed by atoms with Crippen molar-refractivity contribution in [1.29, 1.82) is 0 Å². The molecule has 0 aliphatic carbocycles. The second-order valence-electron chi connectivity index (χ2n) is 6.91. The van der Waals surface area contributed by atoms with E-state index in [1.54, 1.807) is 27.7 Å². The molecular weight excluding hydrogens is 381 g/mol. The van der Waals surface area contributed by atoms with Gasteiger partial charge in [-0.15, -0.1) is 0 Å². The number of carbonyl (C=O) groups is 1. The van der Waals surface area contributed by atoms with E-state index in [-0.39, 0.29) is 29.0 Å². The number of hydrogen-bond acceptors (Lipinski definition) is 5. The lowest BCUT2D eigenvalue weighted by Gasteiger charge is -2.22. The van der Waals surface area contributed by atoms with Crippen LogP contribution in [0.15, 0.2) is 42.5 Å². The summed E-state index contributed by atoms with van der Waals surface area (Å²) in [5, 5.41) is 4.94. The first-order valence-electron chi connectivity index (χ1n) is 9.07. The normalized spacial score (nSPS) is 13.3. The van der Waals surface area contributed by atoms with Crippen LogP contribution >= 0.6 is 19.4 Å². The summed E-state index contributed by atoms with van der Waals surface area (Å²) in [6, 6.07) is 13.9. The predicted molar refractivity (Wildman–Crippen MR) is 113 cm³/mol. The number of amides is 1. The van der Waals surface area contributed by atoms with Gasteiger partial charge in [-0.3, -0.25) is 9.36 Å². The van der Waals surface area contributed by atoms with E-state index in [1.165, 1.54) is 0 Å². The fraction of sp³-hybridized carbons (Fsp3) is 0.450. The number of nitrogens with one attached hydrogen (secondary N) is 1. The van der Waals surface area contributed by atoms with Crippen molar-refractivity contribution in [1.82, 2.24) is 5.32 Å². The summed E-state index contributed by atoms with van der Waals surface area (Å²) < 4.78 is 23.8. The number of benzene rings is 2. The average molecular weight is 409 g/mol. The van der Waals surface area contributed by atoms with E-state index in [2.05, 4.69) is 5.32 Å². The van der Waals surface area contributed by atoms with Crippen LogP contribution < -0.4 is 5.32 Å². The van der Waals surface area contributed by atoms with Gasteiger partial charge in [-0.05, 0) is 51.0 Å². The number of thioether (sulfide) groups is 1. The van der Waals surface area contributed by atoms with Gasteiger partial charge in [0.25, 0.3) is 5.24 Å². The van der Waals surface area contributed by atoms with E-state index >= 15 is 0 Å². The maximum absolute atomic E-state index is 12.8. The van der Waals surface area contributed by atoms with Gasteiger partial charge in [-0.2, -0.15) is 0 Å². The van der Waals surface area contributed by atoms with Crippen LogP contribution in [-0.2, 0) is 13.6 Å². The van der Waals surface area contributed by atoms with Crippen LogP contribution in [0.5, 0.6) is 0 Å². The fourth-order valence-corrected chi connectivity index (χ4v) is 5.97. The van der Waals surface area contributed by atoms with E-state index in [0.717, 1.165) is 28.1 Å². The van der Waals surface area contributed by atoms with Crippen molar-refractivity contribution >= 4 is 35.4 Å². The molecule has 0 saturated heterocycles. The highest BCUT2D eigenvalue weighted by Crippen LogP contribution is 2.53. The molecule has 0 aliphatic rings. The Morgan fingerprint density at radius 1 is 1.00 bits per heavy atom. The van der Waals surface area contributed by atoms with Crippen molar-refractivity contribution < 1.29 is 18.4 Å². The van der Waals surface area contributed by atoms with Crippen molar-refractivity contribution in [2.75, 3.05) is 5.49 Å². The minimum atomic E-state index is -3.34. The molecule has 0 aromatic heterocycles. The first kappa shape index (κ1) is 22.0. The molecule has 0 saturated carbocycles. The Labute approximate surface area is 165 Å². The van der Waals surface area contributed by atoms with Crippen LogP contribution in [0.1, 0.15) is 46.2 Å². The molecule has 0 radical (unpaired) electrons. The van der Waals surface area contributed by atoms with Gasteiger partial charge in [0.1, 0.15) is 5.49 Å². The largest absolute Gasteiger partial charge is 0.341 e. The molecule has 0 heterocycles. The summed E-state index contributed by atoms with van der Waals surface area (Å²) in [5.74, 6) is 0. The van der Waals surface area contributed by atoms with E-state index < -0.39 is 7.60 Å². The van der Waals surface area contributed by atoms with E-state index in [0.29, 0.717) is 0 Å². The molecule has 5 nitrogen and oxygen atoms in total. The Morgan fingerprint density at radius 3 is 2.22 bits per heavy atom. The molecule has 0 spiro atoms. The molecule has 1 amide bonds. The molecule has 148 valence electrons. The minimum Gasteiger partial charge on any atom is -0.340 e. The van der Waals surface area contributed by atoms with Gasteiger partial charge < -0.3 is 14.4 Å². The minimum absolute atomic E-state index is 0.0164. The smallest absolute Gasteiger partial charge is 0.340 e. The highest BCUT2D eigenvalue weighted by atomic mass is 32.2. The molecule has 2 aromatic rings. The first-order chi connectivity index (χ1) is 12.7. The lowest BCUT2D eigenvalue weighted by Crippen LogP contribution is -2.23. The topological polar surface area (TPSA) is 64.6 Å². The SMILES string of the molecule is CC(C)OP(=O)(CSC(=O)N[C@H](C)c1cccc2ccccc12)OC(C)C. The summed E-state index contributed by atoms with van der Waals surface area (Å²) in [7, 11) is -3.34. The highest BCUT2D eigenvalue weighted by molar-refractivity contribution is 8.17. The van der Waals surface area contributed by atoms with Crippen molar-refractivity contribution in [3.8, 4) is 0 Å². The highest BCUT2D eigenvalue weighted by Gasteiger charge is 2.29. The molecule has 0 fully saturated rings. The Balaban J connectivity index is 2.02. The lowest BCUT2D eigenvalue weighted by molar-refractivity contribution is 0.145. The van der Waals surface area contributed by atoms with Gasteiger partial charge in [-0.1, -0.05) is 54.2 Å². The van der Waals surface area contributed by atoms with Crippen LogP contribution in [0.3, 0.4) is 0 Å². The summed E-state index contributed by atoms with van der Waals surface area (Å²) in [6.07, 6.45) is -0.485. The Morgan fingerprint density at radius 2 is 1.59 bits per heavy atom. The zero-order valence-corrected chi connectivity index (χ0v) is 18.2. The third kappa shape index (κ3) is 6.65. The lowest BCUT2D eigenvalue weighted by atomic mass is 10.00. The second-order valence-corrected chi connectivity index (χ2v) is 10.3. The molecule has 1 N–H and O–H groups in total. The second kappa shape index (κ2) is 9.74. The van der Waals surface area contributed by atoms with Gasteiger partial charge in [0, 0.05) is 0 Å². The van der Waals surface area contributed by atoms with Crippen LogP contribution in [-0.4, -0.2) is 22.9 Å². The third-order valence-electron chi connectivity index (χ3n) is 3.72. The molecule has 0 aliphatic heterocycles.